The fourth-order valence-electron chi connectivity index (χ4n) is 3.34. The maximum atomic E-state index is 14.4. The van der Waals surface area contributed by atoms with Gasteiger partial charge in [-0.3, -0.25) is 4.99 Å². The molecule has 2 aliphatic rings. The third kappa shape index (κ3) is 3.77. The molecule has 0 amide bonds. The van der Waals surface area contributed by atoms with Crippen LogP contribution in [0.3, 0.4) is 0 Å². The number of amidine groups is 1. The van der Waals surface area contributed by atoms with Crippen LogP contribution in [0, 0.1) is 11.6 Å². The Balaban J connectivity index is 1.64. The Hall–Kier alpha value is -1.45. The minimum absolute atomic E-state index is 0.0423. The molecular weight excluding hydrogens is 458 g/mol. The van der Waals surface area contributed by atoms with Crippen LogP contribution in [0.25, 0.3) is 0 Å². The number of sulfone groups is 1. The van der Waals surface area contributed by atoms with E-state index in [1.165, 1.54) is 23.9 Å². The Bertz CT molecular complexity index is 1030. The minimum Gasteiger partial charge on any atom is -0.312 e. The topological polar surface area (TPSA) is 49.7 Å². The molecule has 2 aliphatic heterocycles. The average Bonchev–Trinajstić information content (AvgIpc) is 3.06. The maximum absolute atomic E-state index is 14.4. The van der Waals surface area contributed by atoms with E-state index in [0.717, 1.165) is 0 Å². The first-order valence-corrected chi connectivity index (χ1v) is 11.8. The summed E-state index contributed by atoms with van der Waals surface area (Å²) in [4.78, 5) is 6.19. The van der Waals surface area contributed by atoms with Crippen LogP contribution in [0.2, 0.25) is 0 Å². The minimum atomic E-state index is -3.21. The zero-order valence-electron chi connectivity index (χ0n) is 14.0. The molecule has 2 aromatic carbocycles. The van der Waals surface area contributed by atoms with E-state index < -0.39 is 27.7 Å². The molecular formula is C18H15BrF2N2O2S2. The number of nitrogens with zero attached hydrogens (tertiary/aromatic N) is 2. The van der Waals surface area contributed by atoms with E-state index >= 15 is 0 Å². The molecule has 27 heavy (non-hydrogen) atoms. The summed E-state index contributed by atoms with van der Waals surface area (Å²) in [6, 6.07) is 10.2. The van der Waals surface area contributed by atoms with Gasteiger partial charge < -0.3 is 4.90 Å². The van der Waals surface area contributed by atoms with Crippen molar-refractivity contribution in [3.63, 3.8) is 0 Å². The SMILES string of the molecule is O=S1(=O)C[C@@H]2N=C(SCc3ccc(Br)cc3F)N(c3ccccc3F)[C@@H]2C1. The molecule has 1 fully saturated rings. The summed E-state index contributed by atoms with van der Waals surface area (Å²) in [5, 5.41) is 0.521. The van der Waals surface area contributed by atoms with Gasteiger partial charge >= 0.3 is 0 Å². The highest BCUT2D eigenvalue weighted by Crippen LogP contribution is 2.37. The molecule has 2 heterocycles. The number of halogens is 3. The van der Waals surface area contributed by atoms with Crippen molar-refractivity contribution in [2.75, 3.05) is 16.4 Å². The van der Waals surface area contributed by atoms with Gasteiger partial charge in [0.2, 0.25) is 0 Å². The maximum Gasteiger partial charge on any atom is 0.164 e. The Morgan fingerprint density at radius 2 is 1.93 bits per heavy atom. The van der Waals surface area contributed by atoms with Gasteiger partial charge in [0, 0.05) is 10.2 Å². The second-order valence-corrected chi connectivity index (χ2v) is 10.5. The van der Waals surface area contributed by atoms with E-state index in [9.17, 15) is 17.2 Å². The van der Waals surface area contributed by atoms with Gasteiger partial charge in [0.25, 0.3) is 0 Å². The second kappa shape index (κ2) is 7.18. The van der Waals surface area contributed by atoms with Gasteiger partial charge in [0.1, 0.15) is 11.6 Å². The lowest BCUT2D eigenvalue weighted by Crippen LogP contribution is -2.39. The quantitative estimate of drug-likeness (QED) is 0.677. The Morgan fingerprint density at radius 1 is 1.15 bits per heavy atom. The number of hydrogen-bond acceptors (Lipinski definition) is 5. The lowest BCUT2D eigenvalue weighted by Gasteiger charge is -2.26. The van der Waals surface area contributed by atoms with Crippen LogP contribution in [-0.2, 0) is 15.6 Å². The molecule has 2 atom stereocenters. The molecule has 2 aromatic rings. The molecule has 4 nitrogen and oxygen atoms in total. The number of para-hydroxylation sites is 1. The van der Waals surface area contributed by atoms with Crippen LogP contribution < -0.4 is 4.90 Å². The van der Waals surface area contributed by atoms with Crippen molar-refractivity contribution in [1.29, 1.82) is 0 Å². The lowest BCUT2D eigenvalue weighted by molar-refractivity contribution is 0.600. The molecule has 0 radical (unpaired) electrons. The van der Waals surface area contributed by atoms with E-state index in [4.69, 9.17) is 0 Å². The van der Waals surface area contributed by atoms with Gasteiger partial charge in [0.15, 0.2) is 15.0 Å². The van der Waals surface area contributed by atoms with Gasteiger partial charge in [-0.15, -0.1) is 0 Å². The molecule has 0 saturated carbocycles. The summed E-state index contributed by atoms with van der Waals surface area (Å²) in [6.45, 7) is 0. The largest absolute Gasteiger partial charge is 0.312 e. The van der Waals surface area contributed by atoms with Crippen molar-refractivity contribution in [2.45, 2.75) is 17.8 Å². The van der Waals surface area contributed by atoms with E-state index in [1.54, 1.807) is 35.2 Å². The standard InChI is InChI=1S/C18H15BrF2N2O2S2/c19-12-6-5-11(14(21)7-12)8-26-18-22-15-9-27(24,25)10-17(15)23(18)16-4-2-1-3-13(16)20/h1-7,15,17H,8-10H2/t15-,17+/m0/s1. The van der Waals surface area contributed by atoms with Gasteiger partial charge in [-0.05, 0) is 29.8 Å². The van der Waals surface area contributed by atoms with E-state index in [-0.39, 0.29) is 17.3 Å². The molecule has 142 valence electrons. The molecule has 0 N–H and O–H groups in total. The van der Waals surface area contributed by atoms with Crippen molar-refractivity contribution >= 4 is 48.4 Å². The highest BCUT2D eigenvalue weighted by molar-refractivity contribution is 9.10. The number of anilines is 1. The number of aliphatic imine (C=N–C) groups is 1. The number of thioether (sulfide) groups is 1. The third-order valence-electron chi connectivity index (χ3n) is 4.59. The molecule has 9 heteroatoms. The predicted molar refractivity (Wildman–Crippen MR) is 108 cm³/mol. The summed E-state index contributed by atoms with van der Waals surface area (Å²) in [7, 11) is -3.21. The number of rotatable bonds is 3. The van der Waals surface area contributed by atoms with Crippen molar-refractivity contribution in [3.8, 4) is 0 Å². The van der Waals surface area contributed by atoms with E-state index in [1.807, 2.05) is 0 Å². The predicted octanol–water partition coefficient (Wildman–Crippen LogP) is 4.00. The number of fused-ring (bicyclic) bond motifs is 1. The van der Waals surface area contributed by atoms with Gasteiger partial charge in [-0.1, -0.05) is 45.9 Å². The van der Waals surface area contributed by atoms with Crippen LogP contribution in [0.15, 0.2) is 51.9 Å². The van der Waals surface area contributed by atoms with E-state index in [2.05, 4.69) is 20.9 Å². The fraction of sp³-hybridized carbons (Fsp3) is 0.278. The summed E-state index contributed by atoms with van der Waals surface area (Å²) in [5.41, 5.74) is 0.800. The first-order valence-electron chi connectivity index (χ1n) is 8.23. The van der Waals surface area contributed by atoms with Crippen molar-refractivity contribution < 1.29 is 17.2 Å². The Labute approximate surface area is 168 Å². The smallest absolute Gasteiger partial charge is 0.164 e. The Kier molecular flexibility index (Phi) is 5.02. The van der Waals surface area contributed by atoms with Gasteiger partial charge in [-0.2, -0.15) is 0 Å². The first kappa shape index (κ1) is 18.9. The molecule has 4 rings (SSSR count). The van der Waals surface area contributed by atoms with Gasteiger partial charge in [-0.25, -0.2) is 17.2 Å². The van der Waals surface area contributed by atoms with Crippen molar-refractivity contribution in [3.05, 3.63) is 64.1 Å². The average molecular weight is 473 g/mol. The zero-order valence-corrected chi connectivity index (χ0v) is 17.2. The molecule has 0 bridgehead atoms. The summed E-state index contributed by atoms with van der Waals surface area (Å²) in [5.74, 6) is -0.568. The van der Waals surface area contributed by atoms with Crippen molar-refractivity contribution in [2.24, 2.45) is 4.99 Å². The van der Waals surface area contributed by atoms with Crippen LogP contribution in [0.5, 0.6) is 0 Å². The molecule has 0 unspecified atom stereocenters. The monoisotopic (exact) mass is 472 g/mol. The Morgan fingerprint density at radius 3 is 2.67 bits per heavy atom. The highest BCUT2D eigenvalue weighted by atomic mass is 79.9. The summed E-state index contributed by atoms with van der Waals surface area (Å²) in [6.07, 6.45) is 0. The zero-order chi connectivity index (χ0) is 19.2. The van der Waals surface area contributed by atoms with Crippen LogP contribution in [0.4, 0.5) is 14.5 Å². The second-order valence-electron chi connectivity index (χ2n) is 6.47. The first-order chi connectivity index (χ1) is 12.8. The van der Waals surface area contributed by atoms with Crippen LogP contribution in [0.1, 0.15) is 5.56 Å². The summed E-state index contributed by atoms with van der Waals surface area (Å²) >= 11 is 4.51. The van der Waals surface area contributed by atoms with Crippen LogP contribution in [-0.4, -0.2) is 37.2 Å². The van der Waals surface area contributed by atoms with Crippen LogP contribution >= 0.6 is 27.7 Å². The molecule has 0 spiro atoms. The van der Waals surface area contributed by atoms with Gasteiger partial charge in [0.05, 0.1) is 29.3 Å². The normalized spacial score (nSPS) is 23.4. The molecule has 1 saturated heterocycles. The highest BCUT2D eigenvalue weighted by Gasteiger charge is 2.47. The van der Waals surface area contributed by atoms with Crippen molar-refractivity contribution in [1.82, 2.24) is 0 Å². The molecule has 0 aliphatic carbocycles. The molecule has 0 aromatic heterocycles. The third-order valence-corrected chi connectivity index (χ3v) is 7.80. The lowest BCUT2D eigenvalue weighted by atomic mass is 10.1. The summed E-state index contributed by atoms with van der Waals surface area (Å²) < 4.78 is 53.2. The van der Waals surface area contributed by atoms with E-state index in [0.29, 0.717) is 26.6 Å². The number of hydrogen-bond donors (Lipinski definition) is 0. The fourth-order valence-corrected chi connectivity index (χ4v) is 6.62. The number of benzene rings is 2.